The molecule has 7 N–H and O–H groups in total. The second-order valence-corrected chi connectivity index (χ2v) is 10.9. The lowest BCUT2D eigenvalue weighted by Crippen LogP contribution is -2.63. The van der Waals surface area contributed by atoms with E-state index in [2.05, 4.69) is 16.1 Å². The maximum Gasteiger partial charge on any atom is 0.305 e. The minimum absolute atomic E-state index is 0.162. The van der Waals surface area contributed by atoms with Crippen LogP contribution in [0.4, 0.5) is 0 Å². The highest BCUT2D eigenvalue weighted by Gasteiger charge is 2.50. The third-order valence-corrected chi connectivity index (χ3v) is 7.68. The Morgan fingerprint density at radius 1 is 0.756 bits per heavy atom. The van der Waals surface area contributed by atoms with Gasteiger partial charge in [-0.15, -0.1) is 12.3 Å². The lowest BCUT2D eigenvalue weighted by atomic mass is 9.98. The monoisotopic (exact) mass is 588 g/mol. The summed E-state index contributed by atoms with van der Waals surface area (Å²) in [6, 6.07) is 0. The van der Waals surface area contributed by atoms with E-state index in [1.54, 1.807) is 0 Å². The van der Waals surface area contributed by atoms with Gasteiger partial charge in [-0.1, -0.05) is 25.7 Å². The molecule has 2 saturated heterocycles. The lowest BCUT2D eigenvalue weighted by Gasteiger charge is -2.44. The molecule has 0 bridgehead atoms. The fourth-order valence-corrected chi connectivity index (χ4v) is 4.98. The van der Waals surface area contributed by atoms with Crippen LogP contribution in [0.25, 0.3) is 0 Å². The molecule has 2 fully saturated rings. The van der Waals surface area contributed by atoms with Crippen LogP contribution < -0.4 is 0 Å². The molecule has 0 aliphatic carbocycles. The van der Waals surface area contributed by atoms with Gasteiger partial charge in [0.2, 0.25) is 0 Å². The van der Waals surface area contributed by atoms with E-state index in [9.17, 15) is 40.5 Å². The second kappa shape index (κ2) is 16.2. The summed E-state index contributed by atoms with van der Waals surface area (Å²) in [5.74, 6) is 2.12. The molecule has 14 heteroatoms. The molecule has 0 aromatic carbocycles. The molecule has 0 aromatic rings. The highest BCUT2D eigenvalue weighted by atomic mass is 16.8. The molecule has 3 aliphatic rings. The van der Waals surface area contributed by atoms with Gasteiger partial charge < -0.3 is 54.7 Å². The van der Waals surface area contributed by atoms with Crippen LogP contribution in [0.2, 0.25) is 0 Å². The van der Waals surface area contributed by atoms with Gasteiger partial charge in [0.1, 0.15) is 55.4 Å². The minimum atomic E-state index is -1.78. The topological polar surface area (TPSA) is 220 Å². The number of hydrogen-bond donors (Lipinski definition) is 7. The van der Waals surface area contributed by atoms with Crippen molar-refractivity contribution in [2.45, 2.75) is 138 Å². The Hall–Kier alpha value is -1.77. The fraction of sp³-hybridized carbons (Fsp3) is 0.889. The Morgan fingerprint density at radius 2 is 1.29 bits per heavy atom. The van der Waals surface area contributed by atoms with Crippen LogP contribution in [0.1, 0.15) is 70.6 Å². The third kappa shape index (κ3) is 9.62. The van der Waals surface area contributed by atoms with Gasteiger partial charge in [-0.3, -0.25) is 4.79 Å². The summed E-state index contributed by atoms with van der Waals surface area (Å²) in [5, 5.41) is 78.5. The van der Waals surface area contributed by atoms with Crippen LogP contribution >= 0.6 is 0 Å². The van der Waals surface area contributed by atoms with Crippen LogP contribution in [0.3, 0.4) is 0 Å². The Kier molecular flexibility index (Phi) is 13.3. The van der Waals surface area contributed by atoms with Crippen molar-refractivity contribution in [2.24, 2.45) is 10.2 Å². The summed E-state index contributed by atoms with van der Waals surface area (Å²) in [7, 11) is 0. The van der Waals surface area contributed by atoms with Gasteiger partial charge in [-0.05, 0) is 32.1 Å². The minimum Gasteiger partial charge on any atom is -0.463 e. The van der Waals surface area contributed by atoms with E-state index in [1.807, 2.05) is 0 Å². The molecule has 0 saturated carbocycles. The maximum atomic E-state index is 12.2. The number of nitrogens with zero attached hydrogens (tertiary/aromatic N) is 2. The van der Waals surface area contributed by atoms with Gasteiger partial charge in [0.05, 0.1) is 6.61 Å². The van der Waals surface area contributed by atoms with Gasteiger partial charge in [0, 0.05) is 12.8 Å². The van der Waals surface area contributed by atoms with Crippen molar-refractivity contribution in [3.05, 3.63) is 0 Å². The van der Waals surface area contributed by atoms with E-state index < -0.39 is 80.6 Å². The smallest absolute Gasteiger partial charge is 0.305 e. The zero-order valence-electron chi connectivity index (χ0n) is 23.1. The van der Waals surface area contributed by atoms with Crippen LogP contribution in [0, 0.1) is 12.3 Å². The highest BCUT2D eigenvalue weighted by Crippen LogP contribution is 2.38. The van der Waals surface area contributed by atoms with E-state index >= 15 is 0 Å². The molecule has 3 heterocycles. The van der Waals surface area contributed by atoms with Crippen molar-refractivity contribution in [1.29, 1.82) is 0 Å². The molecule has 0 spiro atoms. The van der Waals surface area contributed by atoms with Crippen LogP contribution in [-0.2, 0) is 23.7 Å². The van der Waals surface area contributed by atoms with E-state index in [4.69, 9.17) is 25.4 Å². The van der Waals surface area contributed by atoms with Crippen LogP contribution in [0.5, 0.6) is 0 Å². The lowest BCUT2D eigenvalue weighted by molar-refractivity contribution is -0.376. The predicted octanol–water partition coefficient (Wildman–Crippen LogP) is -0.760. The molecule has 3 rings (SSSR count). The van der Waals surface area contributed by atoms with E-state index in [0.717, 1.165) is 57.8 Å². The maximum absolute atomic E-state index is 12.2. The molecule has 0 radical (unpaired) electrons. The zero-order valence-corrected chi connectivity index (χ0v) is 23.1. The van der Waals surface area contributed by atoms with E-state index in [1.165, 1.54) is 0 Å². The normalized spacial score (nSPS) is 36.0. The van der Waals surface area contributed by atoms with Crippen molar-refractivity contribution >= 4 is 5.97 Å². The summed E-state index contributed by atoms with van der Waals surface area (Å²) in [4.78, 5) is 12.2. The first-order valence-electron chi connectivity index (χ1n) is 14.3. The molecular weight excluding hydrogens is 544 g/mol. The molecule has 14 nitrogen and oxygen atoms in total. The van der Waals surface area contributed by atoms with Gasteiger partial charge in [0.15, 0.2) is 18.2 Å². The fourth-order valence-electron chi connectivity index (χ4n) is 4.98. The Morgan fingerprint density at radius 3 is 1.88 bits per heavy atom. The molecule has 234 valence electrons. The Bertz CT molecular complexity index is 877. The molecule has 6 unspecified atom stereocenters. The van der Waals surface area contributed by atoms with Crippen molar-refractivity contribution in [3.63, 3.8) is 0 Å². The number of unbranched alkanes of at least 4 members (excludes halogenated alkanes) is 6. The number of hydrogen-bond acceptors (Lipinski definition) is 14. The van der Waals surface area contributed by atoms with Gasteiger partial charge in [0.25, 0.3) is 0 Å². The average Bonchev–Trinajstić information content (AvgIpc) is 3.73. The van der Waals surface area contributed by atoms with Crippen molar-refractivity contribution < 1.29 is 59.5 Å². The summed E-state index contributed by atoms with van der Waals surface area (Å²) in [6.07, 6.45) is -1.53. The van der Waals surface area contributed by atoms with Crippen LogP contribution in [0.15, 0.2) is 10.2 Å². The summed E-state index contributed by atoms with van der Waals surface area (Å²) in [6.45, 7) is -1.13. The Labute approximate surface area is 239 Å². The number of carbonyl (C=O) groups excluding carboxylic acids is 1. The first-order chi connectivity index (χ1) is 19.6. The molecule has 0 aromatic heterocycles. The number of rotatable bonds is 17. The SMILES string of the molecule is C#CCCCC1(CCCCCCCCC(=O)OCC2O[C@H](O[C@H]3OC(CO)[C@@H](O)C(O)C3O)C(O)C(O)[C@@H]2O)N=N1. The molecule has 41 heavy (non-hydrogen) atoms. The number of ether oxygens (including phenoxy) is 4. The average molecular weight is 589 g/mol. The molecule has 0 amide bonds. The zero-order chi connectivity index (χ0) is 30.0. The van der Waals surface area contributed by atoms with Crippen molar-refractivity contribution in [1.82, 2.24) is 0 Å². The van der Waals surface area contributed by atoms with Gasteiger partial charge in [-0.25, -0.2) is 0 Å². The summed E-state index contributed by atoms with van der Waals surface area (Å²) in [5.41, 5.74) is -0.198. The first kappa shape index (κ1) is 33.7. The van der Waals surface area contributed by atoms with E-state index in [0.29, 0.717) is 6.42 Å². The Balaban J connectivity index is 1.31. The standard InChI is InChI=1S/C27H44N2O12/c1-2-3-9-12-27(28-29-27)13-10-7-5-4-6-8-11-18(31)38-15-17-20(33)22(35)24(37)26(40-17)41-25-23(36)21(34)19(32)16(14-30)39-25/h1,16-17,19-26,30,32-37H,3-15H2/t16?,17?,19-,20-,21?,22?,23?,24?,25-,26-/m1/s1. The van der Waals surface area contributed by atoms with Gasteiger partial charge >= 0.3 is 5.97 Å². The quantitative estimate of drug-likeness (QED) is 0.0633. The molecular formula is C27H44N2O12. The third-order valence-electron chi connectivity index (χ3n) is 7.68. The first-order valence-corrected chi connectivity index (χ1v) is 14.3. The van der Waals surface area contributed by atoms with Gasteiger partial charge in [-0.2, -0.15) is 10.2 Å². The largest absolute Gasteiger partial charge is 0.463 e. The second-order valence-electron chi connectivity index (χ2n) is 10.9. The molecule has 10 atom stereocenters. The summed E-state index contributed by atoms with van der Waals surface area (Å²) < 4.78 is 21.3. The highest BCUT2D eigenvalue weighted by molar-refractivity contribution is 5.69. The number of esters is 1. The van der Waals surface area contributed by atoms with Crippen molar-refractivity contribution in [2.75, 3.05) is 13.2 Å². The molecule has 3 aliphatic heterocycles. The van der Waals surface area contributed by atoms with E-state index in [-0.39, 0.29) is 12.1 Å². The number of aliphatic hydroxyl groups excluding tert-OH is 7. The summed E-state index contributed by atoms with van der Waals surface area (Å²) >= 11 is 0. The number of carbonyl (C=O) groups is 1. The van der Waals surface area contributed by atoms with Crippen LogP contribution in [-0.4, -0.2) is 122 Å². The number of aliphatic hydroxyl groups is 7. The van der Waals surface area contributed by atoms with Crippen molar-refractivity contribution in [3.8, 4) is 12.3 Å². The number of terminal acetylenes is 1. The predicted molar refractivity (Wildman–Crippen MR) is 140 cm³/mol.